The van der Waals surface area contributed by atoms with Crippen LogP contribution in [0.4, 0.5) is 0 Å². The zero-order valence-electron chi connectivity index (χ0n) is 17.1. The second-order valence-corrected chi connectivity index (χ2v) is 8.11. The quantitative estimate of drug-likeness (QED) is 0.431. The Hall–Kier alpha value is -3.12. The lowest BCUT2D eigenvalue weighted by Crippen LogP contribution is -2.30. The summed E-state index contributed by atoms with van der Waals surface area (Å²) in [7, 11) is 2.06. The fourth-order valence-electron chi connectivity index (χ4n) is 4.22. The molecule has 0 radical (unpaired) electrons. The van der Waals surface area contributed by atoms with Crippen molar-refractivity contribution in [3.63, 3.8) is 0 Å². The highest BCUT2D eigenvalue weighted by Crippen LogP contribution is 2.41. The first-order valence-corrected chi connectivity index (χ1v) is 9.75. The highest BCUT2D eigenvalue weighted by atomic mass is 16.3. The van der Waals surface area contributed by atoms with Gasteiger partial charge in [0.2, 0.25) is 5.69 Å². The van der Waals surface area contributed by atoms with Crippen LogP contribution < -0.4 is 4.57 Å². The van der Waals surface area contributed by atoms with E-state index in [1.807, 2.05) is 25.1 Å². The summed E-state index contributed by atoms with van der Waals surface area (Å²) < 4.78 is 8.63. The average molecular weight is 369 g/mol. The molecule has 4 aromatic rings. The number of nitriles is 1. The zero-order valence-corrected chi connectivity index (χ0v) is 17.1. The third kappa shape index (κ3) is 2.86. The van der Waals surface area contributed by atoms with Crippen LogP contribution in [0, 0.1) is 31.1 Å². The van der Waals surface area contributed by atoms with Crippen molar-refractivity contribution >= 4 is 21.9 Å². The van der Waals surface area contributed by atoms with Crippen molar-refractivity contribution in [1.82, 2.24) is 0 Å². The topological polar surface area (TPSA) is 40.8 Å². The molecule has 0 spiro atoms. The Morgan fingerprint density at radius 1 is 1.07 bits per heavy atom. The van der Waals surface area contributed by atoms with E-state index >= 15 is 0 Å². The number of hydrogen-bond acceptors (Lipinski definition) is 2. The number of aromatic nitrogens is 1. The molecule has 0 aliphatic rings. The monoisotopic (exact) mass is 369 g/mol. The lowest BCUT2D eigenvalue weighted by Gasteiger charge is -2.12. The summed E-state index contributed by atoms with van der Waals surface area (Å²) >= 11 is 0. The van der Waals surface area contributed by atoms with Crippen LogP contribution in [0.25, 0.3) is 33.2 Å². The molecule has 28 heavy (non-hydrogen) atoms. The van der Waals surface area contributed by atoms with Gasteiger partial charge in [-0.25, -0.2) is 4.57 Å². The number of benzene rings is 2. The second kappa shape index (κ2) is 6.80. The molecule has 0 aliphatic carbocycles. The third-order valence-corrected chi connectivity index (χ3v) is 5.38. The smallest absolute Gasteiger partial charge is 0.216 e. The first kappa shape index (κ1) is 18.3. The first-order valence-electron chi connectivity index (χ1n) is 9.75. The Morgan fingerprint density at radius 2 is 1.86 bits per heavy atom. The lowest BCUT2D eigenvalue weighted by molar-refractivity contribution is -0.660. The first-order chi connectivity index (χ1) is 13.4. The maximum atomic E-state index is 9.47. The number of furan rings is 1. The van der Waals surface area contributed by atoms with E-state index in [1.54, 1.807) is 0 Å². The summed E-state index contributed by atoms with van der Waals surface area (Å²) in [6.45, 7) is 8.65. The highest BCUT2D eigenvalue weighted by Gasteiger charge is 2.24. The largest absolute Gasteiger partial charge is 0.455 e. The number of rotatable bonds is 3. The van der Waals surface area contributed by atoms with Crippen LogP contribution in [0.5, 0.6) is 0 Å². The van der Waals surface area contributed by atoms with Gasteiger partial charge in [0.15, 0.2) is 6.20 Å². The average Bonchev–Trinajstić information content (AvgIpc) is 3.02. The van der Waals surface area contributed by atoms with Gasteiger partial charge in [0.1, 0.15) is 18.2 Å². The van der Waals surface area contributed by atoms with Gasteiger partial charge in [-0.2, -0.15) is 5.26 Å². The number of nitrogens with zero attached hydrogens (tertiary/aromatic N) is 2. The maximum absolute atomic E-state index is 9.47. The van der Waals surface area contributed by atoms with Gasteiger partial charge < -0.3 is 4.42 Å². The van der Waals surface area contributed by atoms with E-state index in [9.17, 15) is 5.26 Å². The van der Waals surface area contributed by atoms with Crippen LogP contribution in [0.1, 0.15) is 36.1 Å². The van der Waals surface area contributed by atoms with E-state index in [0.29, 0.717) is 11.5 Å². The molecule has 2 aromatic carbocycles. The van der Waals surface area contributed by atoms with Crippen molar-refractivity contribution in [3.05, 3.63) is 64.8 Å². The maximum Gasteiger partial charge on any atom is 0.216 e. The molecule has 0 aliphatic heterocycles. The minimum Gasteiger partial charge on any atom is -0.455 e. The van der Waals surface area contributed by atoms with Gasteiger partial charge >= 0.3 is 0 Å². The van der Waals surface area contributed by atoms with E-state index in [-0.39, 0.29) is 0 Å². The normalized spacial score (nSPS) is 11.5. The summed E-state index contributed by atoms with van der Waals surface area (Å²) in [5, 5.41) is 11.7. The molecule has 0 saturated carbocycles. The molecule has 3 heteroatoms. The van der Waals surface area contributed by atoms with E-state index in [1.165, 1.54) is 11.1 Å². The minimum atomic E-state index is 0.534. The molecule has 4 rings (SSSR count). The van der Waals surface area contributed by atoms with Gasteiger partial charge in [-0.15, -0.1) is 0 Å². The van der Waals surface area contributed by atoms with Crippen LogP contribution in [0.2, 0.25) is 0 Å². The van der Waals surface area contributed by atoms with Crippen LogP contribution in [0.15, 0.2) is 47.0 Å². The summed E-state index contributed by atoms with van der Waals surface area (Å²) in [4.78, 5) is 0. The SMILES string of the molecule is Cc1cc(CC(C)C)c2c(oc3c(C)cc(C#N)cc32)c1-c1cccc[n+]1C. The molecular formula is C25H25N2O+. The Bertz CT molecular complexity index is 1260. The van der Waals surface area contributed by atoms with E-state index in [2.05, 4.69) is 62.9 Å². The minimum absolute atomic E-state index is 0.534. The Morgan fingerprint density at radius 3 is 2.54 bits per heavy atom. The van der Waals surface area contributed by atoms with E-state index < -0.39 is 0 Å². The molecule has 0 unspecified atom stereocenters. The molecule has 140 valence electrons. The molecular weight excluding hydrogens is 344 g/mol. The number of pyridine rings is 1. The summed E-state index contributed by atoms with van der Waals surface area (Å²) in [5.41, 5.74) is 8.23. The molecule has 0 bridgehead atoms. The third-order valence-electron chi connectivity index (χ3n) is 5.38. The van der Waals surface area contributed by atoms with Crippen molar-refractivity contribution in [3.8, 4) is 17.3 Å². The predicted octanol–water partition coefficient (Wildman–Crippen LogP) is 5.76. The fourth-order valence-corrected chi connectivity index (χ4v) is 4.22. The Kier molecular flexibility index (Phi) is 4.43. The van der Waals surface area contributed by atoms with Crippen molar-refractivity contribution < 1.29 is 8.98 Å². The Balaban J connectivity index is 2.20. The van der Waals surface area contributed by atoms with Crippen molar-refractivity contribution in [2.24, 2.45) is 13.0 Å². The van der Waals surface area contributed by atoms with Crippen LogP contribution in [-0.4, -0.2) is 0 Å². The van der Waals surface area contributed by atoms with Gasteiger partial charge in [0.05, 0.1) is 17.2 Å². The number of aryl methyl sites for hydroxylation is 3. The molecule has 0 N–H and O–H groups in total. The van der Waals surface area contributed by atoms with Gasteiger partial charge in [-0.3, -0.25) is 0 Å². The van der Waals surface area contributed by atoms with Crippen molar-refractivity contribution in [2.75, 3.05) is 0 Å². The van der Waals surface area contributed by atoms with E-state index in [4.69, 9.17) is 4.42 Å². The van der Waals surface area contributed by atoms with Gasteiger partial charge in [-0.1, -0.05) is 19.9 Å². The molecule has 0 fully saturated rings. The van der Waals surface area contributed by atoms with Gasteiger partial charge in [0, 0.05) is 22.9 Å². The lowest BCUT2D eigenvalue weighted by atomic mass is 9.91. The summed E-state index contributed by atoms with van der Waals surface area (Å²) in [5.74, 6) is 0.534. The molecule has 0 amide bonds. The van der Waals surface area contributed by atoms with Gasteiger partial charge in [0.25, 0.3) is 0 Å². The highest BCUT2D eigenvalue weighted by molar-refractivity contribution is 6.12. The molecule has 2 aromatic heterocycles. The van der Waals surface area contributed by atoms with Gasteiger partial charge in [-0.05, 0) is 61.1 Å². The number of hydrogen-bond donors (Lipinski definition) is 0. The summed E-state index contributed by atoms with van der Waals surface area (Å²) in [6, 6.07) is 14.7. The van der Waals surface area contributed by atoms with E-state index in [0.717, 1.165) is 45.2 Å². The standard InChI is InChI=1S/C25H25N2O/c1-15(2)10-19-12-16(3)22(21-8-6-7-9-27(21)5)25-23(19)20-13-18(14-26)11-17(4)24(20)28-25/h6-9,11-13,15H,10H2,1-5H3/q+1. The summed E-state index contributed by atoms with van der Waals surface area (Å²) in [6.07, 6.45) is 3.04. The predicted molar refractivity (Wildman–Crippen MR) is 113 cm³/mol. The molecule has 2 heterocycles. The van der Waals surface area contributed by atoms with Crippen LogP contribution in [0.3, 0.4) is 0 Å². The van der Waals surface area contributed by atoms with Crippen LogP contribution >= 0.6 is 0 Å². The van der Waals surface area contributed by atoms with Crippen LogP contribution in [-0.2, 0) is 13.5 Å². The fraction of sp³-hybridized carbons (Fsp3) is 0.280. The second-order valence-electron chi connectivity index (χ2n) is 8.11. The molecule has 3 nitrogen and oxygen atoms in total. The molecule has 0 atom stereocenters. The van der Waals surface area contributed by atoms with Crippen molar-refractivity contribution in [2.45, 2.75) is 34.1 Å². The molecule has 0 saturated heterocycles. The Labute approximate surface area is 165 Å². The van der Waals surface area contributed by atoms with Crippen molar-refractivity contribution in [1.29, 1.82) is 5.26 Å². The number of fused-ring (bicyclic) bond motifs is 3. The zero-order chi connectivity index (χ0) is 20.0.